The van der Waals surface area contributed by atoms with Gasteiger partial charge in [-0.05, 0) is 42.5 Å². The van der Waals surface area contributed by atoms with E-state index in [0.717, 1.165) is 31.8 Å². The summed E-state index contributed by atoms with van der Waals surface area (Å²) in [5.74, 6) is 1.44. The average Bonchev–Trinajstić information content (AvgIpc) is 2.56. The second kappa shape index (κ2) is 7.62. The third kappa shape index (κ3) is 4.34. The lowest BCUT2D eigenvalue weighted by molar-refractivity contribution is 0.181. The Hall–Kier alpha value is -1.84. The molecule has 3 heteroatoms. The van der Waals surface area contributed by atoms with Crippen molar-refractivity contribution in [2.75, 3.05) is 19.7 Å². The standard InChI is InChI=1S/C20H26N2O/c1-2-23-20-10-8-17(9-11-20)18-12-19(21)15-22(14-18)13-16-6-4-3-5-7-16/h3-11,18-19H,2,12-15,21H2,1H3. The predicted molar refractivity (Wildman–Crippen MR) is 94.7 cm³/mol. The molecule has 1 aliphatic heterocycles. The van der Waals surface area contributed by atoms with E-state index in [0.29, 0.717) is 12.5 Å². The lowest BCUT2D eigenvalue weighted by Crippen LogP contribution is -2.45. The van der Waals surface area contributed by atoms with Gasteiger partial charge in [0.15, 0.2) is 0 Å². The molecule has 23 heavy (non-hydrogen) atoms. The van der Waals surface area contributed by atoms with Crippen LogP contribution in [0.1, 0.15) is 30.4 Å². The Morgan fingerprint density at radius 1 is 1.04 bits per heavy atom. The number of rotatable bonds is 5. The average molecular weight is 310 g/mol. The van der Waals surface area contributed by atoms with E-state index in [1.54, 1.807) is 0 Å². The second-order valence-electron chi connectivity index (χ2n) is 6.37. The lowest BCUT2D eigenvalue weighted by Gasteiger charge is -2.36. The van der Waals surface area contributed by atoms with E-state index >= 15 is 0 Å². The summed E-state index contributed by atoms with van der Waals surface area (Å²) in [6.45, 7) is 5.73. The minimum absolute atomic E-state index is 0.240. The molecule has 0 aliphatic carbocycles. The van der Waals surface area contributed by atoms with Crippen molar-refractivity contribution in [1.29, 1.82) is 0 Å². The first-order chi connectivity index (χ1) is 11.2. The van der Waals surface area contributed by atoms with Crippen LogP contribution in [0.4, 0.5) is 0 Å². The Bertz CT molecular complexity index is 597. The van der Waals surface area contributed by atoms with Gasteiger partial charge in [0.1, 0.15) is 5.75 Å². The highest BCUT2D eigenvalue weighted by atomic mass is 16.5. The summed E-state index contributed by atoms with van der Waals surface area (Å²) in [6, 6.07) is 19.4. The fourth-order valence-corrected chi connectivity index (χ4v) is 3.45. The van der Waals surface area contributed by atoms with Crippen LogP contribution in [0.15, 0.2) is 54.6 Å². The minimum atomic E-state index is 0.240. The molecule has 1 aliphatic rings. The van der Waals surface area contributed by atoms with Crippen LogP contribution in [-0.4, -0.2) is 30.6 Å². The van der Waals surface area contributed by atoms with E-state index in [9.17, 15) is 0 Å². The van der Waals surface area contributed by atoms with Gasteiger partial charge >= 0.3 is 0 Å². The first-order valence-electron chi connectivity index (χ1n) is 8.49. The molecule has 0 spiro atoms. The Kier molecular flexibility index (Phi) is 5.31. The van der Waals surface area contributed by atoms with Crippen molar-refractivity contribution in [2.45, 2.75) is 31.8 Å². The third-order valence-corrected chi connectivity index (χ3v) is 4.47. The number of piperidine rings is 1. The summed E-state index contributed by atoms with van der Waals surface area (Å²) in [4.78, 5) is 2.48. The molecule has 3 nitrogen and oxygen atoms in total. The smallest absolute Gasteiger partial charge is 0.119 e. The van der Waals surface area contributed by atoms with Gasteiger partial charge in [-0.2, -0.15) is 0 Å². The number of likely N-dealkylation sites (tertiary alicyclic amines) is 1. The molecule has 0 bridgehead atoms. The molecular weight excluding hydrogens is 284 g/mol. The van der Waals surface area contributed by atoms with Gasteiger partial charge in [0.2, 0.25) is 0 Å². The topological polar surface area (TPSA) is 38.5 Å². The van der Waals surface area contributed by atoms with Crippen molar-refractivity contribution in [3.63, 3.8) is 0 Å². The van der Waals surface area contributed by atoms with Gasteiger partial charge in [-0.3, -0.25) is 4.90 Å². The quantitative estimate of drug-likeness (QED) is 0.920. The molecule has 2 unspecified atom stereocenters. The molecule has 0 saturated carbocycles. The van der Waals surface area contributed by atoms with E-state index in [2.05, 4.69) is 59.5 Å². The monoisotopic (exact) mass is 310 g/mol. The number of ether oxygens (including phenoxy) is 1. The van der Waals surface area contributed by atoms with Crippen LogP contribution in [-0.2, 0) is 6.54 Å². The zero-order chi connectivity index (χ0) is 16.1. The van der Waals surface area contributed by atoms with Crippen molar-refractivity contribution >= 4 is 0 Å². The van der Waals surface area contributed by atoms with Gasteiger partial charge in [-0.15, -0.1) is 0 Å². The van der Waals surface area contributed by atoms with E-state index < -0.39 is 0 Å². The van der Waals surface area contributed by atoms with Crippen LogP contribution < -0.4 is 10.5 Å². The molecule has 1 heterocycles. The van der Waals surface area contributed by atoms with Gasteiger partial charge in [0.05, 0.1) is 6.61 Å². The minimum Gasteiger partial charge on any atom is -0.494 e. The molecule has 0 aromatic heterocycles. The van der Waals surface area contributed by atoms with E-state index in [1.807, 2.05) is 6.92 Å². The SMILES string of the molecule is CCOc1ccc(C2CC(N)CN(Cc3ccccc3)C2)cc1. The summed E-state index contributed by atoms with van der Waals surface area (Å²) in [5.41, 5.74) is 9.03. The summed E-state index contributed by atoms with van der Waals surface area (Å²) < 4.78 is 5.53. The second-order valence-corrected chi connectivity index (χ2v) is 6.37. The highest BCUT2D eigenvalue weighted by molar-refractivity contribution is 5.30. The molecule has 122 valence electrons. The Labute approximate surface area is 139 Å². The van der Waals surface area contributed by atoms with Crippen LogP contribution in [0.2, 0.25) is 0 Å². The fraction of sp³-hybridized carbons (Fsp3) is 0.400. The first kappa shape index (κ1) is 16.0. The molecule has 1 saturated heterocycles. The highest BCUT2D eigenvalue weighted by Gasteiger charge is 2.26. The summed E-state index contributed by atoms with van der Waals surface area (Å²) in [5, 5.41) is 0. The molecule has 2 atom stereocenters. The van der Waals surface area contributed by atoms with Crippen molar-refractivity contribution < 1.29 is 4.74 Å². The van der Waals surface area contributed by atoms with Crippen molar-refractivity contribution in [3.05, 3.63) is 65.7 Å². The van der Waals surface area contributed by atoms with Crippen LogP contribution in [0.25, 0.3) is 0 Å². The van der Waals surface area contributed by atoms with Crippen LogP contribution in [0, 0.1) is 0 Å². The van der Waals surface area contributed by atoms with Gasteiger partial charge in [0, 0.05) is 25.7 Å². The largest absolute Gasteiger partial charge is 0.494 e. The fourth-order valence-electron chi connectivity index (χ4n) is 3.45. The number of nitrogens with zero attached hydrogens (tertiary/aromatic N) is 1. The summed E-state index contributed by atoms with van der Waals surface area (Å²) in [6.07, 6.45) is 1.05. The van der Waals surface area contributed by atoms with E-state index in [-0.39, 0.29) is 6.04 Å². The zero-order valence-corrected chi connectivity index (χ0v) is 13.8. The van der Waals surface area contributed by atoms with E-state index in [1.165, 1.54) is 11.1 Å². The molecule has 2 aromatic rings. The highest BCUT2D eigenvalue weighted by Crippen LogP contribution is 2.28. The normalized spacial score (nSPS) is 22.0. The Morgan fingerprint density at radius 2 is 1.78 bits per heavy atom. The first-order valence-corrected chi connectivity index (χ1v) is 8.49. The van der Waals surface area contributed by atoms with Gasteiger partial charge < -0.3 is 10.5 Å². The maximum absolute atomic E-state index is 6.32. The summed E-state index contributed by atoms with van der Waals surface area (Å²) in [7, 11) is 0. The van der Waals surface area contributed by atoms with Crippen molar-refractivity contribution in [3.8, 4) is 5.75 Å². The van der Waals surface area contributed by atoms with Crippen molar-refractivity contribution in [1.82, 2.24) is 4.90 Å². The maximum atomic E-state index is 6.32. The Balaban J connectivity index is 1.67. The summed E-state index contributed by atoms with van der Waals surface area (Å²) >= 11 is 0. The number of hydrogen-bond donors (Lipinski definition) is 1. The van der Waals surface area contributed by atoms with Crippen LogP contribution in [0.5, 0.6) is 5.75 Å². The van der Waals surface area contributed by atoms with Gasteiger partial charge in [-0.1, -0.05) is 42.5 Å². The third-order valence-electron chi connectivity index (χ3n) is 4.47. The molecular formula is C20H26N2O. The molecule has 2 N–H and O–H groups in total. The van der Waals surface area contributed by atoms with Crippen LogP contribution >= 0.6 is 0 Å². The Morgan fingerprint density at radius 3 is 2.48 bits per heavy atom. The number of hydrogen-bond acceptors (Lipinski definition) is 3. The number of nitrogens with two attached hydrogens (primary N) is 1. The van der Waals surface area contributed by atoms with Gasteiger partial charge in [-0.25, -0.2) is 0 Å². The molecule has 0 amide bonds. The van der Waals surface area contributed by atoms with Gasteiger partial charge in [0.25, 0.3) is 0 Å². The maximum Gasteiger partial charge on any atom is 0.119 e. The lowest BCUT2D eigenvalue weighted by atomic mass is 9.88. The predicted octanol–water partition coefficient (Wildman–Crippen LogP) is 3.40. The number of benzene rings is 2. The molecule has 0 radical (unpaired) electrons. The molecule has 3 rings (SSSR count). The van der Waals surface area contributed by atoms with Crippen LogP contribution in [0.3, 0.4) is 0 Å². The molecule has 2 aromatic carbocycles. The van der Waals surface area contributed by atoms with Crippen molar-refractivity contribution in [2.24, 2.45) is 5.73 Å². The van der Waals surface area contributed by atoms with E-state index in [4.69, 9.17) is 10.5 Å². The zero-order valence-electron chi connectivity index (χ0n) is 13.8. The molecule has 1 fully saturated rings.